The van der Waals surface area contributed by atoms with Crippen LogP contribution in [0.3, 0.4) is 0 Å². The number of hydrogen-bond donors (Lipinski definition) is 0. The van der Waals surface area contributed by atoms with E-state index in [9.17, 15) is 0 Å². The van der Waals surface area contributed by atoms with Gasteiger partial charge in [0, 0.05) is 17.6 Å². The van der Waals surface area contributed by atoms with Crippen molar-refractivity contribution in [2.45, 2.75) is 61.4 Å². The lowest BCUT2D eigenvalue weighted by molar-refractivity contribution is 0.665. The molecule has 2 heteroatoms. The Labute approximate surface area is 148 Å². The Bertz CT molecular complexity index is 736. The van der Waals surface area contributed by atoms with Crippen LogP contribution in [-0.2, 0) is 13.0 Å². The van der Waals surface area contributed by atoms with E-state index in [4.69, 9.17) is 0 Å². The van der Waals surface area contributed by atoms with E-state index in [0.29, 0.717) is 0 Å². The molecule has 0 aliphatic carbocycles. The van der Waals surface area contributed by atoms with Crippen LogP contribution in [-0.4, -0.2) is 9.55 Å². The van der Waals surface area contributed by atoms with Crippen molar-refractivity contribution in [2.24, 2.45) is 0 Å². The highest BCUT2D eigenvalue weighted by molar-refractivity contribution is 5.62. The second kappa shape index (κ2) is 11.4. The Hall–Kier alpha value is -2.09. The molecule has 24 heavy (non-hydrogen) atoms. The molecule has 0 bridgehead atoms. The quantitative estimate of drug-likeness (QED) is 0.632. The number of aryl methyl sites for hydroxylation is 2. The van der Waals surface area contributed by atoms with Crippen LogP contribution in [0.4, 0.5) is 0 Å². The van der Waals surface area contributed by atoms with Crippen molar-refractivity contribution in [3.05, 3.63) is 52.7 Å². The van der Waals surface area contributed by atoms with Crippen molar-refractivity contribution in [2.75, 3.05) is 0 Å². The number of pyridine rings is 1. The third kappa shape index (κ3) is 4.95. The van der Waals surface area contributed by atoms with Crippen LogP contribution in [0, 0.1) is 6.92 Å². The molecule has 1 aliphatic rings. The van der Waals surface area contributed by atoms with Crippen molar-refractivity contribution in [1.29, 1.82) is 0 Å². The van der Waals surface area contributed by atoms with Gasteiger partial charge in [0.1, 0.15) is 0 Å². The van der Waals surface area contributed by atoms with E-state index in [0.717, 1.165) is 29.6 Å². The Morgan fingerprint density at radius 2 is 1.71 bits per heavy atom. The number of hydrogen-bond acceptors (Lipinski definition) is 1. The maximum atomic E-state index is 4.68. The summed E-state index contributed by atoms with van der Waals surface area (Å²) in [6.07, 6.45) is 4.94. The molecule has 0 spiro atoms. The second-order valence-corrected chi connectivity index (χ2v) is 5.00. The van der Waals surface area contributed by atoms with E-state index >= 15 is 0 Å². The highest BCUT2D eigenvalue weighted by Crippen LogP contribution is 2.25. The largest absolute Gasteiger partial charge is 0.339 e. The van der Waals surface area contributed by atoms with Crippen LogP contribution < -0.4 is 10.6 Å². The first kappa shape index (κ1) is 21.9. The van der Waals surface area contributed by atoms with E-state index in [-0.39, 0.29) is 0 Å². The van der Waals surface area contributed by atoms with Gasteiger partial charge in [0.25, 0.3) is 0 Å². The fourth-order valence-corrected chi connectivity index (χ4v) is 2.64. The molecule has 0 aromatic carbocycles. The molecule has 0 N–H and O–H groups in total. The van der Waals surface area contributed by atoms with Crippen LogP contribution >= 0.6 is 0 Å². The van der Waals surface area contributed by atoms with Crippen LogP contribution in [0.1, 0.15) is 52.8 Å². The highest BCUT2D eigenvalue weighted by atomic mass is 15.0. The van der Waals surface area contributed by atoms with Gasteiger partial charge in [-0.3, -0.25) is 4.98 Å². The molecular weight excluding hydrogens is 292 g/mol. The molecule has 3 heterocycles. The summed E-state index contributed by atoms with van der Waals surface area (Å²) in [5.74, 6) is 0. The van der Waals surface area contributed by atoms with E-state index in [2.05, 4.69) is 53.9 Å². The molecule has 1 aliphatic heterocycles. The van der Waals surface area contributed by atoms with Gasteiger partial charge >= 0.3 is 0 Å². The zero-order chi connectivity index (χ0) is 18.7. The minimum atomic E-state index is 1.03. The summed E-state index contributed by atoms with van der Waals surface area (Å²) in [4.78, 5) is 4.68. The molecular formula is C22H34N2. The highest BCUT2D eigenvalue weighted by Gasteiger charge is 2.18. The molecule has 0 amide bonds. The molecule has 0 fully saturated rings. The first-order valence-corrected chi connectivity index (χ1v) is 9.01. The summed E-state index contributed by atoms with van der Waals surface area (Å²) in [5.41, 5.74) is 4.77. The molecule has 3 rings (SSSR count). The predicted molar refractivity (Wildman–Crippen MR) is 110 cm³/mol. The SMILES string of the molecule is C=CC.C=c1cc2n(/c1=C/C)CCc1ccc(C)nc1-2.CC.CC. The number of allylic oxidation sites excluding steroid dienone is 1. The molecule has 0 radical (unpaired) electrons. The summed E-state index contributed by atoms with van der Waals surface area (Å²) >= 11 is 0. The zero-order valence-corrected chi connectivity index (χ0v) is 16.6. The zero-order valence-electron chi connectivity index (χ0n) is 16.6. The van der Waals surface area contributed by atoms with Crippen LogP contribution in [0.5, 0.6) is 0 Å². The van der Waals surface area contributed by atoms with Crippen molar-refractivity contribution < 1.29 is 0 Å². The van der Waals surface area contributed by atoms with E-state index in [1.807, 2.05) is 41.5 Å². The summed E-state index contributed by atoms with van der Waals surface area (Å²) in [6.45, 7) is 22.5. The lowest BCUT2D eigenvalue weighted by atomic mass is 10.0. The molecule has 2 nitrogen and oxygen atoms in total. The monoisotopic (exact) mass is 326 g/mol. The van der Waals surface area contributed by atoms with Crippen molar-refractivity contribution >= 4 is 12.7 Å². The van der Waals surface area contributed by atoms with Gasteiger partial charge in [-0.05, 0) is 50.1 Å². The fourth-order valence-electron chi connectivity index (χ4n) is 2.64. The van der Waals surface area contributed by atoms with Crippen molar-refractivity contribution in [1.82, 2.24) is 9.55 Å². The first-order chi connectivity index (χ1) is 11.6. The second-order valence-electron chi connectivity index (χ2n) is 5.00. The smallest absolute Gasteiger partial charge is 0.0902 e. The number of aromatic nitrogens is 2. The average molecular weight is 327 g/mol. The topological polar surface area (TPSA) is 17.8 Å². The van der Waals surface area contributed by atoms with Gasteiger partial charge in [-0.25, -0.2) is 0 Å². The van der Waals surface area contributed by atoms with Gasteiger partial charge < -0.3 is 4.57 Å². The van der Waals surface area contributed by atoms with E-state index < -0.39 is 0 Å². The molecule has 132 valence electrons. The number of rotatable bonds is 0. The lowest BCUT2D eigenvalue weighted by Gasteiger charge is -2.19. The van der Waals surface area contributed by atoms with E-state index in [1.54, 1.807) is 6.08 Å². The molecule has 2 aromatic rings. The first-order valence-electron chi connectivity index (χ1n) is 9.01. The Balaban J connectivity index is 0.000000667. The summed E-state index contributed by atoms with van der Waals surface area (Å²) < 4.78 is 2.33. The minimum Gasteiger partial charge on any atom is -0.339 e. The summed E-state index contributed by atoms with van der Waals surface area (Å²) in [5, 5.41) is 2.33. The van der Waals surface area contributed by atoms with Crippen molar-refractivity contribution in [3.63, 3.8) is 0 Å². The molecule has 0 atom stereocenters. The fraction of sp³-hybridized carbons (Fsp3) is 0.409. The van der Waals surface area contributed by atoms with Gasteiger partial charge in [0.05, 0.1) is 11.4 Å². The number of nitrogens with zero attached hydrogens (tertiary/aromatic N) is 2. The average Bonchev–Trinajstić information content (AvgIpc) is 2.95. The lowest BCUT2D eigenvalue weighted by Crippen LogP contribution is -2.29. The third-order valence-electron chi connectivity index (χ3n) is 3.46. The molecule has 2 aromatic heterocycles. The maximum absolute atomic E-state index is 4.68. The van der Waals surface area contributed by atoms with Crippen molar-refractivity contribution in [3.8, 4) is 11.4 Å². The molecule has 0 saturated carbocycles. The maximum Gasteiger partial charge on any atom is 0.0902 e. The van der Waals surface area contributed by atoms with Crippen LogP contribution in [0.25, 0.3) is 24.0 Å². The molecule has 0 saturated heterocycles. The van der Waals surface area contributed by atoms with Gasteiger partial charge in [0.15, 0.2) is 0 Å². The van der Waals surface area contributed by atoms with Gasteiger partial charge in [-0.15, -0.1) is 6.58 Å². The van der Waals surface area contributed by atoms with Gasteiger partial charge in [-0.2, -0.15) is 0 Å². The van der Waals surface area contributed by atoms with Crippen LogP contribution in [0.2, 0.25) is 0 Å². The number of fused-ring (bicyclic) bond motifs is 3. The third-order valence-corrected chi connectivity index (χ3v) is 3.46. The Morgan fingerprint density at radius 3 is 2.25 bits per heavy atom. The predicted octanol–water partition coefficient (Wildman–Crippen LogP) is 4.87. The van der Waals surface area contributed by atoms with Gasteiger partial charge in [0.2, 0.25) is 0 Å². The van der Waals surface area contributed by atoms with E-state index in [1.165, 1.54) is 16.6 Å². The standard InChI is InChI=1S/C15H16N2.C3H6.2C2H6/c1-4-13-10(2)9-14-15-12(7-8-17(13)14)6-5-11(3)16-15;1-3-2;2*1-2/h4-6,9H,2,7-8H2,1,3H3;3H,1H2,2H3;2*1-2H3/b13-4+;;;. The Morgan fingerprint density at radius 1 is 1.12 bits per heavy atom. The van der Waals surface area contributed by atoms with Crippen LogP contribution in [0.15, 0.2) is 30.9 Å². The molecule has 0 unspecified atom stereocenters. The Kier molecular flexibility index (Phi) is 10.4. The summed E-state index contributed by atoms with van der Waals surface area (Å²) in [6, 6.07) is 6.45. The van der Waals surface area contributed by atoms with Gasteiger partial charge in [-0.1, -0.05) is 52.5 Å². The normalized spacial score (nSPS) is 11.4. The minimum absolute atomic E-state index is 1.03. The summed E-state index contributed by atoms with van der Waals surface area (Å²) in [7, 11) is 0.